The average Bonchev–Trinajstić information content (AvgIpc) is 1.81. The molecule has 0 bridgehead atoms. The second-order valence-corrected chi connectivity index (χ2v) is 1.74. The molecule has 0 saturated heterocycles. The first-order valence-corrected chi connectivity index (χ1v) is 3.45. The molecule has 0 aliphatic carbocycles. The number of aliphatic hydroxyl groups excluding tert-OH is 1. The van der Waals surface area contributed by atoms with Gasteiger partial charge in [-0.05, 0) is 0 Å². The summed E-state index contributed by atoms with van der Waals surface area (Å²) in [5.74, 6) is -2.50. The largest absolute Gasteiger partial charge is 0.516 e. The summed E-state index contributed by atoms with van der Waals surface area (Å²) < 4.78 is 0. The Balaban J connectivity index is -0.0000000230. The Morgan fingerprint density at radius 1 is 0.824 bits per heavy atom. The second-order valence-electron chi connectivity index (χ2n) is 1.74. The van der Waals surface area contributed by atoms with Crippen LogP contribution in [0.25, 0.3) is 0 Å². The van der Waals surface area contributed by atoms with E-state index in [-0.39, 0.29) is 12.3 Å². The lowest BCUT2D eigenvalue weighted by Gasteiger charge is -1.59. The summed E-state index contributed by atoms with van der Waals surface area (Å²) in [5.41, 5.74) is 0. The molecule has 0 heterocycles. The minimum absolute atomic E-state index is 0. The maximum atomic E-state index is 9.00. The molecule has 0 aromatic heterocycles. The third-order valence-corrected chi connectivity index (χ3v) is 0. The van der Waals surface area contributed by atoms with E-state index in [1.165, 1.54) is 0 Å². The van der Waals surface area contributed by atoms with Crippen molar-refractivity contribution in [2.75, 3.05) is 0 Å². The molecule has 0 aliphatic heterocycles. The maximum Gasteiger partial charge on any atom is 0.300 e. The van der Waals surface area contributed by atoms with Crippen molar-refractivity contribution >= 4 is 17.9 Å². The summed E-state index contributed by atoms with van der Waals surface area (Å²) in [6, 6.07) is 0. The van der Waals surface area contributed by atoms with E-state index in [0.29, 0.717) is 0 Å². The molecule has 9 heteroatoms. The van der Waals surface area contributed by atoms with Gasteiger partial charge in [0.25, 0.3) is 17.9 Å². The highest BCUT2D eigenvalue weighted by Crippen LogP contribution is 1.42. The molecule has 0 aliphatic rings. The molecule has 0 aromatic carbocycles. The Bertz CT molecular complexity index is 154. The number of carbonyl (C=O) groups is 3. The zero-order valence-electron chi connectivity index (χ0n) is 10.2. The molecular weight excluding hydrogens is 236 g/mol. The molecule has 0 aromatic rings. The van der Waals surface area contributed by atoms with E-state index in [0.717, 1.165) is 27.0 Å². The van der Waals surface area contributed by atoms with Gasteiger partial charge < -0.3 is 32.7 Å². The average molecular weight is 258 g/mol. The van der Waals surface area contributed by atoms with Crippen LogP contribution in [0.5, 0.6) is 0 Å². The third kappa shape index (κ3) is 431. The lowest BCUT2D eigenvalue weighted by Crippen LogP contribution is -1.78. The van der Waals surface area contributed by atoms with Crippen LogP contribution in [0.15, 0.2) is 12.8 Å². The highest BCUT2D eigenvalue weighted by molar-refractivity contribution is 5.63. The molecule has 0 rings (SSSR count). The van der Waals surface area contributed by atoms with Gasteiger partial charge >= 0.3 is 0 Å². The van der Waals surface area contributed by atoms with Crippen molar-refractivity contribution in [1.29, 1.82) is 0 Å². The van der Waals surface area contributed by atoms with Crippen molar-refractivity contribution < 1.29 is 34.8 Å². The van der Waals surface area contributed by atoms with Gasteiger partial charge in [-0.2, -0.15) is 0 Å². The first-order valence-electron chi connectivity index (χ1n) is 3.45. The maximum absolute atomic E-state index is 9.00. The number of hydrogen-bond donors (Lipinski definition) is 6. The highest BCUT2D eigenvalue weighted by Gasteiger charge is 1.66. The monoisotopic (exact) mass is 258 g/mol. The number of aliphatic carboxylic acids is 3. The molecule has 0 spiro atoms. The van der Waals surface area contributed by atoms with Crippen LogP contribution in [0, 0.1) is 0 Å². The third-order valence-electron chi connectivity index (χ3n) is 0. The van der Waals surface area contributed by atoms with Gasteiger partial charge in [0, 0.05) is 20.8 Å². The summed E-state index contributed by atoms with van der Waals surface area (Å²) in [7, 11) is 0. The van der Waals surface area contributed by atoms with Crippen molar-refractivity contribution in [3.63, 3.8) is 0 Å². The Morgan fingerprint density at radius 3 is 0.824 bits per heavy atom. The lowest BCUT2D eigenvalue weighted by atomic mass is 10.9. The van der Waals surface area contributed by atoms with E-state index in [4.69, 9.17) is 34.8 Å². The van der Waals surface area contributed by atoms with Gasteiger partial charge in [-0.3, -0.25) is 14.4 Å². The first kappa shape index (κ1) is 36.4. The number of hydrogen-bond acceptors (Lipinski definition) is 6. The molecule has 0 atom stereocenters. The minimum Gasteiger partial charge on any atom is -0.516 e. The first-order chi connectivity index (χ1) is 6.61. The zero-order chi connectivity index (χ0) is 13.4. The van der Waals surface area contributed by atoms with Gasteiger partial charge in [0.2, 0.25) is 0 Å². The topological polar surface area (TPSA) is 202 Å². The van der Waals surface area contributed by atoms with Crippen LogP contribution in [0.4, 0.5) is 0 Å². The molecule has 106 valence electrons. The number of carboxylic acid groups (broad SMARTS) is 3. The van der Waals surface area contributed by atoms with E-state index in [1.807, 2.05) is 0 Å². The highest BCUT2D eigenvalue weighted by atomic mass is 16.4. The van der Waals surface area contributed by atoms with Crippen molar-refractivity contribution in [3.05, 3.63) is 12.8 Å². The minimum atomic E-state index is -0.833. The summed E-state index contributed by atoms with van der Waals surface area (Å²) in [6.07, 6.45) is 0.750. The summed E-state index contributed by atoms with van der Waals surface area (Å²) in [5, 5.41) is 29.6. The van der Waals surface area contributed by atoms with E-state index in [9.17, 15) is 0 Å². The van der Waals surface area contributed by atoms with Gasteiger partial charge in [0.05, 0.1) is 6.26 Å². The summed E-state index contributed by atoms with van der Waals surface area (Å²) >= 11 is 0. The van der Waals surface area contributed by atoms with Crippen molar-refractivity contribution in [3.8, 4) is 0 Å². The van der Waals surface area contributed by atoms with Crippen LogP contribution < -0.4 is 12.3 Å². The van der Waals surface area contributed by atoms with Gasteiger partial charge in [0.1, 0.15) is 0 Å². The summed E-state index contributed by atoms with van der Waals surface area (Å²) in [6.45, 7) is 6.17. The fraction of sp³-hybridized carbons (Fsp3) is 0.375. The lowest BCUT2D eigenvalue weighted by molar-refractivity contribution is -0.135. The Kier molecular flexibility index (Phi) is 79.3. The van der Waals surface area contributed by atoms with Crippen molar-refractivity contribution in [2.45, 2.75) is 20.8 Å². The second kappa shape index (κ2) is 37.1. The van der Waals surface area contributed by atoms with Crippen molar-refractivity contribution in [1.82, 2.24) is 12.3 Å². The Hall–Kier alpha value is -2.13. The zero-order valence-corrected chi connectivity index (χ0v) is 10.2. The van der Waals surface area contributed by atoms with E-state index in [2.05, 4.69) is 6.58 Å². The Labute approximate surface area is 99.6 Å². The molecule has 9 nitrogen and oxygen atoms in total. The van der Waals surface area contributed by atoms with Crippen molar-refractivity contribution in [2.24, 2.45) is 0 Å². The fourth-order valence-corrected chi connectivity index (χ4v) is 0. The fourth-order valence-electron chi connectivity index (χ4n) is 0. The van der Waals surface area contributed by atoms with E-state index < -0.39 is 17.9 Å². The van der Waals surface area contributed by atoms with Crippen LogP contribution >= 0.6 is 0 Å². The standard InChI is InChI=1S/3C2H4O2.C2H4O.2H3N/c3*1-2(3)4;1-2-3;;/h3*1H3,(H,3,4);2-3H,1H2;2*1H3. The van der Waals surface area contributed by atoms with Crippen LogP contribution in [-0.2, 0) is 14.4 Å². The van der Waals surface area contributed by atoms with Crippen LogP contribution in [0.1, 0.15) is 20.8 Å². The predicted octanol–water partition coefficient (Wildman–Crippen LogP) is 1.28. The molecule has 17 heavy (non-hydrogen) atoms. The van der Waals surface area contributed by atoms with Crippen LogP contribution in [0.3, 0.4) is 0 Å². The SMILES string of the molecule is C=CO.CC(=O)O.CC(=O)O.CC(=O)O.N.N. The molecule has 0 unspecified atom stereocenters. The van der Waals surface area contributed by atoms with Crippen LogP contribution in [0.2, 0.25) is 0 Å². The van der Waals surface area contributed by atoms with Gasteiger partial charge in [-0.1, -0.05) is 6.58 Å². The van der Waals surface area contributed by atoms with Gasteiger partial charge in [-0.15, -0.1) is 0 Å². The quantitative estimate of drug-likeness (QED) is 0.346. The molecule has 0 saturated carbocycles. The molecular formula is C8H22N2O7. The molecule has 0 fully saturated rings. The normalized spacial score (nSPS) is 5.12. The van der Waals surface area contributed by atoms with Gasteiger partial charge in [-0.25, -0.2) is 0 Å². The number of rotatable bonds is 0. The predicted molar refractivity (Wildman–Crippen MR) is 62.8 cm³/mol. The number of aliphatic hydroxyl groups is 1. The molecule has 0 radical (unpaired) electrons. The van der Waals surface area contributed by atoms with Crippen LogP contribution in [-0.4, -0.2) is 38.3 Å². The van der Waals surface area contributed by atoms with E-state index >= 15 is 0 Å². The Morgan fingerprint density at radius 2 is 0.824 bits per heavy atom. The van der Waals surface area contributed by atoms with E-state index in [1.54, 1.807) is 0 Å². The van der Waals surface area contributed by atoms with Gasteiger partial charge in [0.15, 0.2) is 0 Å². The molecule has 0 amide bonds. The number of carboxylic acids is 3. The molecule has 10 N–H and O–H groups in total. The smallest absolute Gasteiger partial charge is 0.300 e. The summed E-state index contributed by atoms with van der Waals surface area (Å²) in [4.78, 5) is 27.0.